The van der Waals surface area contributed by atoms with E-state index in [-0.39, 0.29) is 0 Å². The first-order chi connectivity index (χ1) is 9.31. The van der Waals surface area contributed by atoms with Gasteiger partial charge in [-0.3, -0.25) is 0 Å². The highest BCUT2D eigenvalue weighted by atomic mass is 16.5. The summed E-state index contributed by atoms with van der Waals surface area (Å²) in [4.78, 5) is 0. The van der Waals surface area contributed by atoms with Crippen molar-refractivity contribution in [3.63, 3.8) is 0 Å². The van der Waals surface area contributed by atoms with Crippen molar-refractivity contribution in [1.82, 2.24) is 5.32 Å². The summed E-state index contributed by atoms with van der Waals surface area (Å²) in [6.45, 7) is 1.69. The fraction of sp³-hybridized carbons (Fsp3) is 0.500. The number of nitrogens with one attached hydrogen (secondary N) is 1. The molecule has 0 spiro atoms. The number of rotatable bonds is 6. The first-order valence-electron chi connectivity index (χ1n) is 6.73. The SMILES string of the molecule is NC(CCCCNC1CCOc2ccccc21)=NO. The summed E-state index contributed by atoms with van der Waals surface area (Å²) in [6, 6.07) is 8.54. The number of oxime groups is 1. The molecule has 1 aromatic rings. The van der Waals surface area contributed by atoms with E-state index < -0.39 is 0 Å². The van der Waals surface area contributed by atoms with Gasteiger partial charge in [-0.05, 0) is 25.5 Å². The molecular formula is C14H21N3O2. The summed E-state index contributed by atoms with van der Waals surface area (Å²) in [5.74, 6) is 1.29. The van der Waals surface area contributed by atoms with Gasteiger partial charge in [-0.25, -0.2) is 0 Å². The Morgan fingerprint density at radius 3 is 3.11 bits per heavy atom. The van der Waals surface area contributed by atoms with Crippen LogP contribution < -0.4 is 15.8 Å². The third-order valence-corrected chi connectivity index (χ3v) is 3.34. The Morgan fingerprint density at radius 1 is 1.42 bits per heavy atom. The van der Waals surface area contributed by atoms with E-state index in [0.29, 0.717) is 18.3 Å². The van der Waals surface area contributed by atoms with Crippen LogP contribution in [0.25, 0.3) is 0 Å². The minimum absolute atomic E-state index is 0.302. The number of ether oxygens (including phenoxy) is 1. The maximum Gasteiger partial charge on any atom is 0.139 e. The van der Waals surface area contributed by atoms with Crippen LogP contribution in [0, 0.1) is 0 Å². The molecule has 1 heterocycles. The molecule has 104 valence electrons. The monoisotopic (exact) mass is 263 g/mol. The van der Waals surface area contributed by atoms with E-state index in [1.54, 1.807) is 0 Å². The van der Waals surface area contributed by atoms with E-state index in [1.807, 2.05) is 18.2 Å². The predicted molar refractivity (Wildman–Crippen MR) is 74.6 cm³/mol. The van der Waals surface area contributed by atoms with Crippen molar-refractivity contribution >= 4 is 5.84 Å². The van der Waals surface area contributed by atoms with Crippen molar-refractivity contribution in [1.29, 1.82) is 0 Å². The molecule has 1 atom stereocenters. The number of para-hydroxylation sites is 1. The number of hydrogen-bond donors (Lipinski definition) is 3. The molecule has 1 unspecified atom stereocenters. The van der Waals surface area contributed by atoms with E-state index in [4.69, 9.17) is 15.7 Å². The van der Waals surface area contributed by atoms with E-state index in [9.17, 15) is 0 Å². The van der Waals surface area contributed by atoms with E-state index in [2.05, 4.69) is 16.5 Å². The largest absolute Gasteiger partial charge is 0.493 e. The van der Waals surface area contributed by atoms with Gasteiger partial charge in [-0.2, -0.15) is 0 Å². The van der Waals surface area contributed by atoms with E-state index in [0.717, 1.165) is 38.2 Å². The summed E-state index contributed by atoms with van der Waals surface area (Å²) in [7, 11) is 0. The van der Waals surface area contributed by atoms with Gasteiger partial charge in [0.15, 0.2) is 0 Å². The molecule has 0 saturated carbocycles. The summed E-state index contributed by atoms with van der Waals surface area (Å²) in [5, 5.41) is 14.9. The third-order valence-electron chi connectivity index (χ3n) is 3.34. The normalized spacial score (nSPS) is 18.7. The first kappa shape index (κ1) is 13.7. The minimum atomic E-state index is 0.302. The topological polar surface area (TPSA) is 79.9 Å². The van der Waals surface area contributed by atoms with Crippen LogP contribution in [-0.2, 0) is 0 Å². The maximum absolute atomic E-state index is 8.44. The van der Waals surface area contributed by atoms with Gasteiger partial charge < -0.3 is 21.0 Å². The van der Waals surface area contributed by atoms with Crippen molar-refractivity contribution in [2.45, 2.75) is 31.7 Å². The van der Waals surface area contributed by atoms with Crippen molar-refractivity contribution in [2.24, 2.45) is 10.9 Å². The van der Waals surface area contributed by atoms with Gasteiger partial charge in [0.05, 0.1) is 6.61 Å². The number of nitrogens with zero attached hydrogens (tertiary/aromatic N) is 1. The molecule has 0 bridgehead atoms. The average Bonchev–Trinajstić information content (AvgIpc) is 2.46. The average molecular weight is 263 g/mol. The molecule has 19 heavy (non-hydrogen) atoms. The van der Waals surface area contributed by atoms with Gasteiger partial charge in [0.25, 0.3) is 0 Å². The Morgan fingerprint density at radius 2 is 2.26 bits per heavy atom. The number of unbranched alkanes of at least 4 members (excludes halogenated alkanes) is 1. The molecule has 0 radical (unpaired) electrons. The summed E-state index contributed by atoms with van der Waals surface area (Å²) in [5.41, 5.74) is 6.67. The van der Waals surface area contributed by atoms with Crippen molar-refractivity contribution in [3.05, 3.63) is 29.8 Å². The first-order valence-corrected chi connectivity index (χ1v) is 6.73. The Kier molecular flexibility index (Phi) is 5.03. The van der Waals surface area contributed by atoms with Crippen LogP contribution >= 0.6 is 0 Å². The van der Waals surface area contributed by atoms with Gasteiger partial charge in [0.1, 0.15) is 11.6 Å². The quantitative estimate of drug-likeness (QED) is 0.241. The van der Waals surface area contributed by atoms with Crippen LogP contribution in [0.5, 0.6) is 5.75 Å². The lowest BCUT2D eigenvalue weighted by Crippen LogP contribution is -2.28. The number of fused-ring (bicyclic) bond motifs is 1. The van der Waals surface area contributed by atoms with Gasteiger partial charge in [0, 0.05) is 24.4 Å². The van der Waals surface area contributed by atoms with Crippen LogP contribution in [0.3, 0.4) is 0 Å². The molecule has 1 aliphatic heterocycles. The Bertz CT molecular complexity index is 434. The van der Waals surface area contributed by atoms with Crippen LogP contribution in [0.4, 0.5) is 0 Å². The zero-order valence-electron chi connectivity index (χ0n) is 11.0. The highest BCUT2D eigenvalue weighted by Crippen LogP contribution is 2.31. The fourth-order valence-electron chi connectivity index (χ4n) is 2.31. The Hall–Kier alpha value is -1.75. The smallest absolute Gasteiger partial charge is 0.139 e. The fourth-order valence-corrected chi connectivity index (χ4v) is 2.31. The maximum atomic E-state index is 8.44. The number of nitrogens with two attached hydrogens (primary N) is 1. The van der Waals surface area contributed by atoms with Crippen LogP contribution in [0.2, 0.25) is 0 Å². The van der Waals surface area contributed by atoms with Gasteiger partial charge in [-0.1, -0.05) is 23.4 Å². The highest BCUT2D eigenvalue weighted by molar-refractivity contribution is 5.79. The minimum Gasteiger partial charge on any atom is -0.493 e. The van der Waals surface area contributed by atoms with Crippen LogP contribution in [0.1, 0.15) is 37.3 Å². The van der Waals surface area contributed by atoms with Crippen molar-refractivity contribution in [2.75, 3.05) is 13.2 Å². The van der Waals surface area contributed by atoms with Crippen LogP contribution in [-0.4, -0.2) is 24.2 Å². The molecule has 0 saturated heterocycles. The Labute approximate surface area is 113 Å². The molecule has 5 nitrogen and oxygen atoms in total. The Balaban J connectivity index is 1.75. The number of benzene rings is 1. The highest BCUT2D eigenvalue weighted by Gasteiger charge is 2.19. The summed E-state index contributed by atoms with van der Waals surface area (Å²) in [6.07, 6.45) is 3.57. The predicted octanol–water partition coefficient (Wildman–Crippen LogP) is 2.02. The lowest BCUT2D eigenvalue weighted by molar-refractivity contribution is 0.252. The lowest BCUT2D eigenvalue weighted by Gasteiger charge is -2.26. The van der Waals surface area contributed by atoms with E-state index >= 15 is 0 Å². The van der Waals surface area contributed by atoms with Gasteiger partial charge in [-0.15, -0.1) is 0 Å². The molecule has 5 heteroatoms. The van der Waals surface area contributed by atoms with Gasteiger partial charge >= 0.3 is 0 Å². The molecule has 1 aliphatic rings. The zero-order chi connectivity index (χ0) is 13.5. The van der Waals surface area contributed by atoms with Crippen molar-refractivity contribution < 1.29 is 9.94 Å². The number of amidine groups is 1. The van der Waals surface area contributed by atoms with E-state index in [1.165, 1.54) is 5.56 Å². The van der Waals surface area contributed by atoms with Gasteiger partial charge in [0.2, 0.25) is 0 Å². The van der Waals surface area contributed by atoms with Crippen LogP contribution in [0.15, 0.2) is 29.4 Å². The third kappa shape index (κ3) is 3.86. The molecule has 0 aromatic heterocycles. The molecule has 2 rings (SSSR count). The lowest BCUT2D eigenvalue weighted by atomic mass is 10.0. The second kappa shape index (κ2) is 6.99. The number of hydrogen-bond acceptors (Lipinski definition) is 4. The molecule has 0 fully saturated rings. The molecule has 0 aliphatic carbocycles. The second-order valence-corrected chi connectivity index (χ2v) is 4.73. The molecule has 1 aromatic carbocycles. The zero-order valence-corrected chi connectivity index (χ0v) is 11.0. The molecule has 0 amide bonds. The molecule has 4 N–H and O–H groups in total. The standard InChI is InChI=1S/C14H21N3O2/c15-14(17-18)7-3-4-9-16-12-8-10-19-13-6-2-1-5-11(12)13/h1-2,5-6,12,16,18H,3-4,7-10H2,(H2,15,17). The molecular weight excluding hydrogens is 242 g/mol. The second-order valence-electron chi connectivity index (χ2n) is 4.73. The van der Waals surface area contributed by atoms with Crippen molar-refractivity contribution in [3.8, 4) is 5.75 Å². The summed E-state index contributed by atoms with van der Waals surface area (Å²) >= 11 is 0. The summed E-state index contributed by atoms with van der Waals surface area (Å²) < 4.78 is 5.63.